The Bertz CT molecular complexity index is 715. The van der Waals surface area contributed by atoms with Gasteiger partial charge in [0, 0.05) is 6.54 Å². The Hall–Kier alpha value is -2.86. The van der Waals surface area contributed by atoms with E-state index in [0.717, 1.165) is 17.1 Å². The SMILES string of the molecule is CC(C)[C@H](N)C(=O)NCC(=O)NCc1ccc(Oc2ccccc2)cc1. The standard InChI is InChI=1S/C20H25N3O3/c1-14(2)19(21)20(25)23-13-18(24)22-12-15-8-10-17(11-9-15)26-16-6-4-3-5-7-16/h3-11,14,19H,12-13,21H2,1-2H3,(H,22,24)(H,23,25)/t19-/m0/s1. The second-order valence-electron chi connectivity index (χ2n) is 6.32. The molecule has 0 aliphatic rings. The lowest BCUT2D eigenvalue weighted by molar-refractivity contribution is -0.127. The summed E-state index contributed by atoms with van der Waals surface area (Å²) >= 11 is 0. The van der Waals surface area contributed by atoms with Crippen LogP contribution in [0.15, 0.2) is 54.6 Å². The minimum absolute atomic E-state index is 0.0229. The molecule has 0 radical (unpaired) electrons. The van der Waals surface area contributed by atoms with E-state index >= 15 is 0 Å². The maximum absolute atomic E-state index is 11.8. The van der Waals surface area contributed by atoms with E-state index < -0.39 is 6.04 Å². The van der Waals surface area contributed by atoms with Gasteiger partial charge >= 0.3 is 0 Å². The van der Waals surface area contributed by atoms with Crippen molar-refractivity contribution in [3.05, 3.63) is 60.2 Å². The van der Waals surface area contributed by atoms with Gasteiger partial charge in [-0.15, -0.1) is 0 Å². The molecule has 0 heterocycles. The third-order valence-electron chi connectivity index (χ3n) is 3.84. The van der Waals surface area contributed by atoms with Crippen LogP contribution in [0.1, 0.15) is 19.4 Å². The lowest BCUT2D eigenvalue weighted by atomic mass is 10.1. The van der Waals surface area contributed by atoms with E-state index in [4.69, 9.17) is 10.5 Å². The average molecular weight is 355 g/mol. The molecule has 2 aromatic carbocycles. The summed E-state index contributed by atoms with van der Waals surface area (Å²) in [7, 11) is 0. The van der Waals surface area contributed by atoms with Crippen LogP contribution in [0.5, 0.6) is 11.5 Å². The van der Waals surface area contributed by atoms with Crippen LogP contribution in [0.25, 0.3) is 0 Å². The molecule has 0 aliphatic heterocycles. The number of hydrogen-bond donors (Lipinski definition) is 3. The molecule has 6 nitrogen and oxygen atoms in total. The molecule has 2 amide bonds. The molecule has 0 spiro atoms. The number of nitrogens with one attached hydrogen (secondary N) is 2. The number of nitrogens with two attached hydrogens (primary N) is 1. The Kier molecular flexibility index (Phi) is 7.17. The fourth-order valence-corrected chi connectivity index (χ4v) is 2.15. The fourth-order valence-electron chi connectivity index (χ4n) is 2.15. The van der Waals surface area contributed by atoms with Gasteiger partial charge in [0.2, 0.25) is 11.8 Å². The van der Waals surface area contributed by atoms with Crippen LogP contribution in [0.4, 0.5) is 0 Å². The second kappa shape index (κ2) is 9.58. The van der Waals surface area contributed by atoms with Crippen LogP contribution in [0, 0.1) is 5.92 Å². The Balaban J connectivity index is 1.75. The summed E-state index contributed by atoms with van der Waals surface area (Å²) in [5.41, 5.74) is 6.66. The lowest BCUT2D eigenvalue weighted by Gasteiger charge is -2.15. The molecule has 26 heavy (non-hydrogen) atoms. The van der Waals surface area contributed by atoms with Crippen molar-refractivity contribution >= 4 is 11.8 Å². The summed E-state index contributed by atoms with van der Waals surface area (Å²) in [6, 6.07) is 16.4. The number of para-hydroxylation sites is 1. The van der Waals surface area contributed by atoms with Crippen molar-refractivity contribution in [2.45, 2.75) is 26.4 Å². The molecule has 2 aromatic rings. The van der Waals surface area contributed by atoms with Crippen molar-refractivity contribution in [1.82, 2.24) is 10.6 Å². The Morgan fingerprint density at radius 3 is 2.19 bits per heavy atom. The molecule has 1 atom stereocenters. The zero-order valence-electron chi connectivity index (χ0n) is 15.1. The lowest BCUT2D eigenvalue weighted by Crippen LogP contribution is -2.47. The Labute approximate surface area is 153 Å². The first-order chi connectivity index (χ1) is 12.5. The molecule has 4 N–H and O–H groups in total. The summed E-state index contributed by atoms with van der Waals surface area (Å²) in [5.74, 6) is 0.927. The molecule has 0 fully saturated rings. The normalized spacial score (nSPS) is 11.7. The topological polar surface area (TPSA) is 93.5 Å². The largest absolute Gasteiger partial charge is 0.457 e. The molecular formula is C20H25N3O3. The molecule has 0 saturated heterocycles. The molecule has 0 aromatic heterocycles. The van der Waals surface area contributed by atoms with E-state index in [-0.39, 0.29) is 24.3 Å². The highest BCUT2D eigenvalue weighted by atomic mass is 16.5. The minimum Gasteiger partial charge on any atom is -0.457 e. The zero-order chi connectivity index (χ0) is 18.9. The van der Waals surface area contributed by atoms with Gasteiger partial charge in [0.15, 0.2) is 0 Å². The molecule has 0 aliphatic carbocycles. The third kappa shape index (κ3) is 6.22. The van der Waals surface area contributed by atoms with Crippen molar-refractivity contribution < 1.29 is 14.3 Å². The first-order valence-electron chi connectivity index (χ1n) is 8.57. The van der Waals surface area contributed by atoms with Gasteiger partial charge < -0.3 is 21.1 Å². The van der Waals surface area contributed by atoms with Crippen molar-refractivity contribution in [2.75, 3.05) is 6.54 Å². The smallest absolute Gasteiger partial charge is 0.239 e. The van der Waals surface area contributed by atoms with Gasteiger partial charge in [0.1, 0.15) is 11.5 Å². The molecule has 6 heteroatoms. The van der Waals surface area contributed by atoms with Crippen LogP contribution < -0.4 is 21.1 Å². The first-order valence-corrected chi connectivity index (χ1v) is 8.57. The number of amides is 2. The van der Waals surface area contributed by atoms with E-state index in [0.29, 0.717) is 6.54 Å². The fraction of sp³-hybridized carbons (Fsp3) is 0.300. The monoisotopic (exact) mass is 355 g/mol. The van der Waals surface area contributed by atoms with Crippen LogP contribution in [0.3, 0.4) is 0 Å². The molecule has 0 bridgehead atoms. The van der Waals surface area contributed by atoms with Crippen LogP contribution >= 0.6 is 0 Å². The van der Waals surface area contributed by atoms with Gasteiger partial charge in [-0.25, -0.2) is 0 Å². The number of benzene rings is 2. The van der Waals surface area contributed by atoms with Crippen LogP contribution in [-0.2, 0) is 16.1 Å². The van der Waals surface area contributed by atoms with E-state index in [1.807, 2.05) is 68.4 Å². The van der Waals surface area contributed by atoms with Crippen molar-refractivity contribution in [3.8, 4) is 11.5 Å². The van der Waals surface area contributed by atoms with Crippen molar-refractivity contribution in [2.24, 2.45) is 11.7 Å². The van der Waals surface area contributed by atoms with E-state index in [9.17, 15) is 9.59 Å². The maximum Gasteiger partial charge on any atom is 0.239 e. The van der Waals surface area contributed by atoms with Gasteiger partial charge in [-0.3, -0.25) is 9.59 Å². The predicted octanol–water partition coefficient (Wildman–Crippen LogP) is 2.19. The van der Waals surface area contributed by atoms with E-state index in [2.05, 4.69) is 10.6 Å². The number of hydrogen-bond acceptors (Lipinski definition) is 4. The maximum atomic E-state index is 11.8. The number of carbonyl (C=O) groups excluding carboxylic acids is 2. The van der Waals surface area contributed by atoms with Crippen LogP contribution in [-0.4, -0.2) is 24.4 Å². The summed E-state index contributed by atoms with van der Waals surface area (Å²) in [4.78, 5) is 23.6. The molecule has 0 saturated carbocycles. The Morgan fingerprint density at radius 2 is 1.58 bits per heavy atom. The quantitative estimate of drug-likeness (QED) is 0.677. The van der Waals surface area contributed by atoms with Gasteiger partial charge in [0.05, 0.1) is 12.6 Å². The third-order valence-corrected chi connectivity index (χ3v) is 3.84. The van der Waals surface area contributed by atoms with Gasteiger partial charge in [0.25, 0.3) is 0 Å². The number of rotatable bonds is 8. The molecule has 138 valence electrons. The van der Waals surface area contributed by atoms with E-state index in [1.165, 1.54) is 0 Å². The average Bonchev–Trinajstić information content (AvgIpc) is 2.65. The highest BCUT2D eigenvalue weighted by Crippen LogP contribution is 2.20. The van der Waals surface area contributed by atoms with Gasteiger partial charge in [-0.2, -0.15) is 0 Å². The van der Waals surface area contributed by atoms with Crippen molar-refractivity contribution in [1.29, 1.82) is 0 Å². The molecule has 2 rings (SSSR count). The molecule has 0 unspecified atom stereocenters. The predicted molar refractivity (Wildman–Crippen MR) is 101 cm³/mol. The Morgan fingerprint density at radius 1 is 0.962 bits per heavy atom. The van der Waals surface area contributed by atoms with Crippen LogP contribution in [0.2, 0.25) is 0 Å². The summed E-state index contributed by atoms with van der Waals surface area (Å²) in [5, 5.41) is 5.30. The zero-order valence-corrected chi connectivity index (χ0v) is 15.1. The van der Waals surface area contributed by atoms with E-state index in [1.54, 1.807) is 0 Å². The summed E-state index contributed by atoms with van der Waals surface area (Å²) in [6.07, 6.45) is 0. The highest BCUT2D eigenvalue weighted by Gasteiger charge is 2.17. The van der Waals surface area contributed by atoms with Crippen molar-refractivity contribution in [3.63, 3.8) is 0 Å². The second-order valence-corrected chi connectivity index (χ2v) is 6.32. The number of carbonyl (C=O) groups is 2. The number of ether oxygens (including phenoxy) is 1. The minimum atomic E-state index is -0.611. The molecular weight excluding hydrogens is 330 g/mol. The summed E-state index contributed by atoms with van der Waals surface area (Å²) in [6.45, 7) is 4.00. The van der Waals surface area contributed by atoms with Gasteiger partial charge in [-0.1, -0.05) is 44.2 Å². The summed E-state index contributed by atoms with van der Waals surface area (Å²) < 4.78 is 5.72. The highest BCUT2D eigenvalue weighted by molar-refractivity contribution is 5.87. The first kappa shape index (κ1) is 19.5. The van der Waals surface area contributed by atoms with Gasteiger partial charge in [-0.05, 0) is 35.7 Å².